The summed E-state index contributed by atoms with van der Waals surface area (Å²) >= 11 is 0. The van der Waals surface area contributed by atoms with Crippen molar-refractivity contribution >= 4 is 60.7 Å². The molecule has 16 rings (SSSR count). The summed E-state index contributed by atoms with van der Waals surface area (Å²) < 4.78 is 10.7. The van der Waals surface area contributed by atoms with Crippen LogP contribution in [0.25, 0.3) is 88.9 Å². The van der Waals surface area contributed by atoms with Gasteiger partial charge in [-0.2, -0.15) is 18.3 Å². The van der Waals surface area contributed by atoms with Crippen LogP contribution in [0.5, 0.6) is 0 Å². The van der Waals surface area contributed by atoms with Gasteiger partial charge in [0.25, 0.3) is 11.6 Å². The molecular weight excluding hydrogens is 743 g/mol. The second-order valence-corrected chi connectivity index (χ2v) is 18.1. The summed E-state index contributed by atoms with van der Waals surface area (Å²) in [5, 5.41) is 5.15. The van der Waals surface area contributed by atoms with Crippen molar-refractivity contribution in [3.8, 4) is 45.3 Å². The molecule has 0 bridgehead atoms. The van der Waals surface area contributed by atoms with Crippen LogP contribution in [0.15, 0.2) is 176 Å². The topological polar surface area (TPSA) is 20.9 Å². The molecule has 0 saturated carbocycles. The molecule has 5 heteroatoms. The molecule has 5 aliphatic rings. The van der Waals surface area contributed by atoms with Crippen molar-refractivity contribution in [1.29, 1.82) is 0 Å². The fourth-order valence-electron chi connectivity index (χ4n) is 12.7. The fourth-order valence-corrected chi connectivity index (χ4v) is 12.7. The molecule has 0 radical (unpaired) electrons. The predicted molar refractivity (Wildman–Crippen MR) is 244 cm³/mol. The van der Waals surface area contributed by atoms with Gasteiger partial charge in [-0.05, 0) is 94.0 Å². The molecule has 0 N–H and O–H groups in total. The molecule has 0 saturated heterocycles. The molecule has 1 unspecified atom stereocenters. The van der Waals surface area contributed by atoms with Crippen LogP contribution >= 0.6 is 0 Å². The highest BCUT2D eigenvalue weighted by Gasteiger charge is 2.70. The molecule has 61 heavy (non-hydrogen) atoms. The van der Waals surface area contributed by atoms with E-state index in [0.717, 1.165) is 0 Å². The van der Waals surface area contributed by atoms with E-state index in [1.165, 1.54) is 128 Å². The SMILES string of the molecule is CC1(C)c2ccccc2N2c3ccc4c5ccccc5n5c4c3C34c6c2c1cc1c2ccccc2n(c61)-c1cc(-c2ccccc2)cc([n+]13)-c1cc(-c2ccccc2)cc-5[n+]14. The highest BCUT2D eigenvalue weighted by Crippen LogP contribution is 2.65. The lowest BCUT2D eigenvalue weighted by Crippen LogP contribution is -2.76. The van der Waals surface area contributed by atoms with Crippen molar-refractivity contribution in [1.82, 2.24) is 9.13 Å². The molecule has 5 nitrogen and oxygen atoms in total. The van der Waals surface area contributed by atoms with Crippen LogP contribution in [-0.2, 0) is 11.1 Å². The minimum atomic E-state index is -0.744. The number of nitrogens with zero attached hydrogens (tertiary/aromatic N) is 5. The number of para-hydroxylation sites is 3. The molecule has 1 spiro atoms. The predicted octanol–water partition coefficient (Wildman–Crippen LogP) is 12.1. The van der Waals surface area contributed by atoms with Crippen molar-refractivity contribution in [2.24, 2.45) is 0 Å². The van der Waals surface area contributed by atoms with Crippen LogP contribution in [0.4, 0.5) is 17.1 Å². The molecule has 11 aromatic rings. The summed E-state index contributed by atoms with van der Waals surface area (Å²) in [7, 11) is 0. The molecule has 1 atom stereocenters. The maximum Gasteiger partial charge on any atom is 0.319 e. The van der Waals surface area contributed by atoms with E-state index in [9.17, 15) is 0 Å². The van der Waals surface area contributed by atoms with Gasteiger partial charge >= 0.3 is 5.66 Å². The Morgan fingerprint density at radius 3 is 1.59 bits per heavy atom. The van der Waals surface area contributed by atoms with E-state index >= 15 is 0 Å². The number of pyridine rings is 2. The van der Waals surface area contributed by atoms with E-state index in [0.29, 0.717) is 0 Å². The number of benzene rings is 7. The van der Waals surface area contributed by atoms with Crippen molar-refractivity contribution in [3.05, 3.63) is 198 Å². The summed E-state index contributed by atoms with van der Waals surface area (Å²) in [6.45, 7) is 4.88. The maximum absolute atomic E-state index is 2.76. The molecule has 4 aromatic heterocycles. The molecule has 9 heterocycles. The van der Waals surface area contributed by atoms with E-state index in [2.05, 4.69) is 213 Å². The largest absolute Gasteiger partial charge is 0.319 e. The van der Waals surface area contributed by atoms with Gasteiger partial charge in [0, 0.05) is 39.1 Å². The van der Waals surface area contributed by atoms with Crippen molar-refractivity contribution < 1.29 is 9.13 Å². The minimum Gasteiger partial charge on any atom is -0.308 e. The van der Waals surface area contributed by atoms with Crippen LogP contribution in [0.1, 0.15) is 36.1 Å². The lowest BCUT2D eigenvalue weighted by Gasteiger charge is -2.49. The molecular formula is C56H35N5+2. The molecule has 0 aliphatic carbocycles. The molecule has 7 aromatic carbocycles. The highest BCUT2D eigenvalue weighted by atomic mass is 15.4. The Balaban J connectivity index is 1.24. The standard InChI is InChI=1S/C56H35N5/c1-55(2)40-21-11-14-24-44(40)57-45-26-25-38-36-19-9-12-22-42(36)58-48-29-34(32-15-5-3-6-16-32)27-46-47-28-35(33-17-7-4-8-18-33)30-49-59-43-23-13-10-20-37(43)39-31-41(55)54(57)51(53(39)59)56(60(46)48,61(47)49)50(45)52(38)58/h3-31H,1-2H3/q+2. The molecule has 0 amide bonds. The lowest BCUT2D eigenvalue weighted by atomic mass is 9.68. The van der Waals surface area contributed by atoms with Gasteiger partial charge in [-0.3, -0.25) is 0 Å². The van der Waals surface area contributed by atoms with E-state index in [4.69, 9.17) is 0 Å². The van der Waals surface area contributed by atoms with Crippen molar-refractivity contribution in [2.75, 3.05) is 4.90 Å². The van der Waals surface area contributed by atoms with E-state index in [1.54, 1.807) is 0 Å². The monoisotopic (exact) mass is 777 g/mol. The third kappa shape index (κ3) is 3.22. The average molecular weight is 778 g/mol. The summed E-state index contributed by atoms with van der Waals surface area (Å²) in [4.78, 5) is 2.65. The summed E-state index contributed by atoms with van der Waals surface area (Å²) in [6.07, 6.45) is 0. The second kappa shape index (κ2) is 9.98. The Labute approximate surface area is 350 Å². The van der Waals surface area contributed by atoms with Gasteiger partial charge in [0.1, 0.15) is 22.2 Å². The zero-order valence-corrected chi connectivity index (χ0v) is 33.5. The van der Waals surface area contributed by atoms with Crippen LogP contribution < -0.4 is 14.0 Å². The number of anilines is 3. The molecule has 0 fully saturated rings. The smallest absolute Gasteiger partial charge is 0.308 e. The van der Waals surface area contributed by atoms with Gasteiger partial charge < -0.3 is 4.90 Å². The van der Waals surface area contributed by atoms with Gasteiger partial charge in [-0.25, -0.2) is 0 Å². The minimum absolute atomic E-state index is 0.269. The summed E-state index contributed by atoms with van der Waals surface area (Å²) in [5.41, 5.74) is 20.5. The average Bonchev–Trinajstić information content (AvgIpc) is 3.94. The third-order valence-corrected chi connectivity index (χ3v) is 15.1. The van der Waals surface area contributed by atoms with Gasteiger partial charge in [-0.1, -0.05) is 117 Å². The number of hydrogen-bond acceptors (Lipinski definition) is 1. The number of aromatic nitrogens is 4. The van der Waals surface area contributed by atoms with Crippen LogP contribution in [0.2, 0.25) is 0 Å². The second-order valence-electron chi connectivity index (χ2n) is 18.1. The van der Waals surface area contributed by atoms with Crippen LogP contribution in [-0.4, -0.2) is 9.13 Å². The van der Waals surface area contributed by atoms with Gasteiger partial charge in [0.2, 0.25) is 0 Å². The fraction of sp³-hybridized carbons (Fsp3) is 0.0714. The summed E-state index contributed by atoms with van der Waals surface area (Å²) in [5.74, 6) is 2.37. The zero-order chi connectivity index (χ0) is 39.7. The Morgan fingerprint density at radius 1 is 0.410 bits per heavy atom. The van der Waals surface area contributed by atoms with E-state index in [1.807, 2.05) is 0 Å². The quantitative estimate of drug-likeness (QED) is 0.160. The third-order valence-electron chi connectivity index (χ3n) is 15.1. The molecule has 5 aliphatic heterocycles. The highest BCUT2D eigenvalue weighted by molar-refractivity contribution is 6.18. The van der Waals surface area contributed by atoms with E-state index in [-0.39, 0.29) is 5.41 Å². The first-order chi connectivity index (χ1) is 30.0. The maximum atomic E-state index is 2.76. The first-order valence-electron chi connectivity index (χ1n) is 21.5. The van der Waals surface area contributed by atoms with E-state index < -0.39 is 5.66 Å². The number of fused-ring (bicyclic) bond motifs is 12. The summed E-state index contributed by atoms with van der Waals surface area (Å²) in [6, 6.07) is 66.5. The normalized spacial score (nSPS) is 17.2. The lowest BCUT2D eigenvalue weighted by molar-refractivity contribution is -0.934. The van der Waals surface area contributed by atoms with Crippen LogP contribution in [0.3, 0.4) is 0 Å². The zero-order valence-electron chi connectivity index (χ0n) is 33.5. The first kappa shape index (κ1) is 31.2. The van der Waals surface area contributed by atoms with Gasteiger partial charge in [-0.15, -0.1) is 0 Å². The van der Waals surface area contributed by atoms with Gasteiger partial charge in [0.05, 0.1) is 17.1 Å². The van der Waals surface area contributed by atoms with Gasteiger partial charge in [0.15, 0.2) is 22.4 Å². The number of rotatable bonds is 2. The Morgan fingerprint density at radius 2 is 0.951 bits per heavy atom. The Hall–Kier alpha value is -7.76. The molecule has 282 valence electrons. The first-order valence-corrected chi connectivity index (χ1v) is 21.5. The van der Waals surface area contributed by atoms with Crippen molar-refractivity contribution in [2.45, 2.75) is 24.9 Å². The Bertz CT molecular complexity index is 3890. The number of hydrogen-bond donors (Lipinski definition) is 0. The Kier molecular flexibility index (Phi) is 5.10. The van der Waals surface area contributed by atoms with Crippen molar-refractivity contribution in [3.63, 3.8) is 0 Å². The van der Waals surface area contributed by atoms with Crippen LogP contribution in [0, 0.1) is 0 Å².